The first kappa shape index (κ1) is 17.4. The van der Waals surface area contributed by atoms with E-state index in [4.69, 9.17) is 13.7 Å². The lowest BCUT2D eigenvalue weighted by Crippen LogP contribution is -2.35. The Morgan fingerprint density at radius 2 is 2.17 bits per heavy atom. The van der Waals surface area contributed by atoms with Crippen molar-refractivity contribution < 1.29 is 31.6 Å². The van der Waals surface area contributed by atoms with Crippen molar-refractivity contribution in [1.82, 2.24) is 0 Å². The van der Waals surface area contributed by atoms with Crippen molar-refractivity contribution in [1.29, 1.82) is 0 Å². The highest BCUT2D eigenvalue weighted by molar-refractivity contribution is 7.85. The monoisotopic (exact) mass is 345 g/mol. The number of carbonyl (C=O) groups is 1. The summed E-state index contributed by atoms with van der Waals surface area (Å²) >= 11 is 0. The molecule has 9 heteroatoms. The average molecular weight is 345 g/mol. The largest absolute Gasteiger partial charge is 0.486 e. The Hall–Kier alpha value is -2.00. The fourth-order valence-electron chi connectivity index (χ4n) is 2.12. The first-order chi connectivity index (χ1) is 10.9. The van der Waals surface area contributed by atoms with Crippen molar-refractivity contribution >= 4 is 21.8 Å². The van der Waals surface area contributed by atoms with Gasteiger partial charge in [0.05, 0.1) is 32.2 Å². The second-order valence-electron chi connectivity index (χ2n) is 4.83. The zero-order valence-corrected chi connectivity index (χ0v) is 13.8. The van der Waals surface area contributed by atoms with Gasteiger partial charge < -0.3 is 19.1 Å². The number of rotatable bonds is 7. The Bertz CT molecular complexity index is 659. The topological polar surface area (TPSA) is 91.4 Å². The molecule has 8 nitrogen and oxygen atoms in total. The van der Waals surface area contributed by atoms with Crippen molar-refractivity contribution in [3.63, 3.8) is 0 Å². The number of anilines is 1. The third kappa shape index (κ3) is 5.00. The van der Waals surface area contributed by atoms with Gasteiger partial charge in [-0.3, -0.25) is 4.18 Å². The molecule has 128 valence electrons. The molecule has 0 saturated carbocycles. The van der Waals surface area contributed by atoms with Crippen molar-refractivity contribution in [2.24, 2.45) is 0 Å². The van der Waals surface area contributed by atoms with Crippen LogP contribution in [0.3, 0.4) is 0 Å². The second-order valence-corrected chi connectivity index (χ2v) is 6.47. The molecule has 0 N–H and O–H groups in total. The molecule has 1 aromatic carbocycles. The van der Waals surface area contributed by atoms with Gasteiger partial charge in [-0.1, -0.05) is 6.07 Å². The molecule has 0 bridgehead atoms. The first-order valence-corrected chi connectivity index (χ1v) is 8.77. The molecule has 0 radical (unpaired) electrons. The van der Waals surface area contributed by atoms with Crippen molar-refractivity contribution in [3.8, 4) is 11.5 Å². The lowest BCUT2D eigenvalue weighted by Gasteiger charge is -2.31. The van der Waals surface area contributed by atoms with Crippen molar-refractivity contribution in [2.75, 3.05) is 51.2 Å². The number of ether oxygens (including phenoxy) is 3. The molecule has 1 aromatic rings. The molecule has 2 rings (SSSR count). The number of para-hydroxylation sites is 1. The Morgan fingerprint density at radius 1 is 1.39 bits per heavy atom. The van der Waals surface area contributed by atoms with Crippen LogP contribution in [0, 0.1) is 0 Å². The lowest BCUT2D eigenvalue weighted by atomic mass is 10.2. The summed E-state index contributed by atoms with van der Waals surface area (Å²) in [6.07, 6.45) is 1.01. The van der Waals surface area contributed by atoms with Gasteiger partial charge in [-0.25, -0.2) is 4.79 Å². The van der Waals surface area contributed by atoms with Crippen LogP contribution in [0.15, 0.2) is 18.2 Å². The van der Waals surface area contributed by atoms with E-state index in [9.17, 15) is 13.2 Å². The van der Waals surface area contributed by atoms with E-state index >= 15 is 0 Å². The number of hydrogen-bond donors (Lipinski definition) is 0. The van der Waals surface area contributed by atoms with Crippen LogP contribution >= 0.6 is 0 Å². The van der Waals surface area contributed by atoms with Crippen LogP contribution in [0.1, 0.15) is 0 Å². The van der Waals surface area contributed by atoms with Gasteiger partial charge in [-0.05, 0) is 12.1 Å². The van der Waals surface area contributed by atoms with Crippen LogP contribution in [-0.2, 0) is 23.8 Å². The standard InChI is InChI=1S/C14H19NO7S/c1-19-13(16)10-21-12-5-3-4-11-14(12)20-8-6-15(11)7-9-22-23(2,17)18/h3-5H,6-10H2,1-2H3. The molecule has 0 aliphatic carbocycles. The highest BCUT2D eigenvalue weighted by Crippen LogP contribution is 2.39. The minimum atomic E-state index is -3.47. The number of fused-ring (bicyclic) bond motifs is 1. The first-order valence-electron chi connectivity index (χ1n) is 6.95. The van der Waals surface area contributed by atoms with Crippen molar-refractivity contribution in [2.45, 2.75) is 0 Å². The van der Waals surface area contributed by atoms with Gasteiger partial charge in [-0.2, -0.15) is 8.42 Å². The van der Waals surface area contributed by atoms with Gasteiger partial charge in [0.15, 0.2) is 18.1 Å². The molecule has 0 unspecified atom stereocenters. The van der Waals surface area contributed by atoms with Crippen LogP contribution < -0.4 is 14.4 Å². The van der Waals surface area contributed by atoms with Gasteiger partial charge in [0.2, 0.25) is 0 Å². The second kappa shape index (κ2) is 7.51. The van der Waals surface area contributed by atoms with Crippen LogP contribution in [0.2, 0.25) is 0 Å². The molecule has 0 spiro atoms. The number of nitrogens with zero attached hydrogens (tertiary/aromatic N) is 1. The minimum absolute atomic E-state index is 0.0471. The molecule has 0 aromatic heterocycles. The molecular formula is C14H19NO7S. The maximum Gasteiger partial charge on any atom is 0.343 e. The van der Waals surface area contributed by atoms with Gasteiger partial charge in [0, 0.05) is 6.54 Å². The van der Waals surface area contributed by atoms with E-state index in [-0.39, 0.29) is 13.2 Å². The molecular weight excluding hydrogens is 326 g/mol. The number of methoxy groups -OCH3 is 1. The highest BCUT2D eigenvalue weighted by atomic mass is 32.2. The summed E-state index contributed by atoms with van der Waals surface area (Å²) in [4.78, 5) is 13.1. The number of hydrogen-bond acceptors (Lipinski definition) is 8. The summed E-state index contributed by atoms with van der Waals surface area (Å²) in [6, 6.07) is 5.29. The molecule has 0 atom stereocenters. The Morgan fingerprint density at radius 3 is 2.87 bits per heavy atom. The molecule has 0 amide bonds. The van der Waals surface area contributed by atoms with Crippen LogP contribution in [0.25, 0.3) is 0 Å². The fourth-order valence-corrected chi connectivity index (χ4v) is 2.49. The predicted octanol–water partition coefficient (Wildman–Crippen LogP) is 0.413. The van der Waals surface area contributed by atoms with E-state index in [0.29, 0.717) is 31.2 Å². The number of esters is 1. The maximum atomic E-state index is 11.2. The number of benzene rings is 1. The lowest BCUT2D eigenvalue weighted by molar-refractivity contribution is -0.142. The highest BCUT2D eigenvalue weighted by Gasteiger charge is 2.22. The van der Waals surface area contributed by atoms with E-state index in [0.717, 1.165) is 11.9 Å². The Labute approximate surface area is 135 Å². The van der Waals surface area contributed by atoms with Crippen LogP contribution in [-0.4, -0.2) is 60.7 Å². The summed E-state index contributed by atoms with van der Waals surface area (Å²) in [7, 11) is -2.18. The van der Waals surface area contributed by atoms with Gasteiger partial charge in [0.1, 0.15) is 6.61 Å². The summed E-state index contributed by atoms with van der Waals surface area (Å²) in [5.74, 6) is 0.459. The third-order valence-electron chi connectivity index (χ3n) is 3.14. The zero-order chi connectivity index (χ0) is 16.9. The predicted molar refractivity (Wildman–Crippen MR) is 82.5 cm³/mol. The fraction of sp³-hybridized carbons (Fsp3) is 0.500. The zero-order valence-electron chi connectivity index (χ0n) is 13.0. The maximum absolute atomic E-state index is 11.2. The smallest absolute Gasteiger partial charge is 0.343 e. The Balaban J connectivity index is 2.07. The average Bonchev–Trinajstić information content (AvgIpc) is 2.51. The SMILES string of the molecule is COC(=O)COc1cccc2c1OCCN2CCOS(C)(=O)=O. The summed E-state index contributed by atoms with van der Waals surface area (Å²) in [5.41, 5.74) is 0.760. The van der Waals surface area contributed by atoms with E-state index in [2.05, 4.69) is 4.74 Å². The molecule has 1 aliphatic rings. The molecule has 1 heterocycles. The van der Waals surface area contributed by atoms with Gasteiger partial charge in [-0.15, -0.1) is 0 Å². The quantitative estimate of drug-likeness (QED) is 0.518. The van der Waals surface area contributed by atoms with Crippen molar-refractivity contribution in [3.05, 3.63) is 18.2 Å². The molecule has 0 fully saturated rings. The molecule has 1 aliphatic heterocycles. The van der Waals surface area contributed by atoms with Gasteiger partial charge >= 0.3 is 5.97 Å². The van der Waals surface area contributed by atoms with E-state index in [1.807, 2.05) is 11.0 Å². The molecule has 0 saturated heterocycles. The van der Waals surface area contributed by atoms with E-state index in [1.165, 1.54) is 7.11 Å². The van der Waals surface area contributed by atoms with E-state index in [1.54, 1.807) is 12.1 Å². The summed E-state index contributed by atoms with van der Waals surface area (Å²) in [6.45, 7) is 1.24. The number of carbonyl (C=O) groups excluding carboxylic acids is 1. The summed E-state index contributed by atoms with van der Waals surface area (Å²) in [5, 5.41) is 0. The minimum Gasteiger partial charge on any atom is -0.486 e. The van der Waals surface area contributed by atoms with Gasteiger partial charge in [0.25, 0.3) is 10.1 Å². The van der Waals surface area contributed by atoms with Crippen LogP contribution in [0.5, 0.6) is 11.5 Å². The summed E-state index contributed by atoms with van der Waals surface area (Å²) < 4.78 is 42.4. The normalized spacial score (nSPS) is 13.9. The third-order valence-corrected chi connectivity index (χ3v) is 3.73. The van der Waals surface area contributed by atoms with E-state index < -0.39 is 16.1 Å². The Kier molecular flexibility index (Phi) is 5.67. The molecule has 23 heavy (non-hydrogen) atoms. The van der Waals surface area contributed by atoms with Crippen LogP contribution in [0.4, 0.5) is 5.69 Å².